The molecule has 2 aromatic rings. The van der Waals surface area contributed by atoms with Crippen LogP contribution in [0.4, 0.5) is 0 Å². The Labute approximate surface area is 136 Å². The summed E-state index contributed by atoms with van der Waals surface area (Å²) < 4.78 is 6.46. The van der Waals surface area contributed by atoms with E-state index < -0.39 is 0 Å². The Balaban J connectivity index is 1.55. The van der Waals surface area contributed by atoms with Crippen molar-refractivity contribution < 1.29 is 9.32 Å². The second kappa shape index (κ2) is 5.50. The smallest absolute Gasteiger partial charge is 0.249 e. The molecule has 1 aliphatic heterocycles. The Morgan fingerprint density at radius 1 is 1.23 bits per heavy atom. The minimum absolute atomic E-state index is 0.0869. The minimum Gasteiger partial charge on any atom is -0.337 e. The fourth-order valence-corrected chi connectivity index (χ4v) is 3.13. The molecule has 1 saturated carbocycles. The molecule has 22 heavy (non-hydrogen) atoms. The van der Waals surface area contributed by atoms with Crippen molar-refractivity contribution in [2.45, 2.75) is 44.2 Å². The van der Waals surface area contributed by atoms with Crippen LogP contribution in [0.1, 0.15) is 54.9 Å². The maximum atomic E-state index is 12.2. The average Bonchev–Trinajstić information content (AvgIpc) is 3.15. The first-order chi connectivity index (χ1) is 10.7. The quantitative estimate of drug-likeness (QED) is 0.834. The largest absolute Gasteiger partial charge is 0.337 e. The fraction of sp³-hybridized carbons (Fsp3) is 0.438. The van der Waals surface area contributed by atoms with Crippen molar-refractivity contribution in [1.29, 1.82) is 0 Å². The Morgan fingerprint density at radius 2 is 2.00 bits per heavy atom. The van der Waals surface area contributed by atoms with E-state index >= 15 is 0 Å². The van der Waals surface area contributed by atoms with Crippen LogP contribution in [-0.2, 0) is 11.3 Å². The minimum atomic E-state index is -0.0869. The lowest BCUT2D eigenvalue weighted by molar-refractivity contribution is -0.129. The number of hydrogen-bond acceptors (Lipinski definition) is 4. The van der Waals surface area contributed by atoms with Crippen LogP contribution in [-0.4, -0.2) is 20.9 Å². The fourth-order valence-electron chi connectivity index (χ4n) is 2.87. The van der Waals surface area contributed by atoms with Gasteiger partial charge in [0.2, 0.25) is 11.8 Å². The molecule has 114 valence electrons. The molecule has 1 atom stereocenters. The number of benzene rings is 1. The number of carbonyl (C=O) groups is 1. The van der Waals surface area contributed by atoms with Gasteiger partial charge in [0.1, 0.15) is 6.04 Å². The number of carbonyl (C=O) groups excluding carboxylic acids is 1. The standard InChI is InChI=1S/C16H16BrN3O2/c17-12-5-1-10(2-6-12)9-20-13(7-8-14(20)21)16-18-15(19-22-16)11-3-4-11/h1-2,5-6,11,13H,3-4,7-9H2. The second-order valence-corrected chi connectivity index (χ2v) is 6.88. The summed E-state index contributed by atoms with van der Waals surface area (Å²) in [5.74, 6) is 2.01. The third kappa shape index (κ3) is 2.67. The van der Waals surface area contributed by atoms with Crippen LogP contribution in [0.25, 0.3) is 0 Å². The van der Waals surface area contributed by atoms with Gasteiger partial charge in [-0.3, -0.25) is 4.79 Å². The SMILES string of the molecule is O=C1CCC(c2nc(C3CC3)no2)N1Cc1ccc(Br)cc1. The number of likely N-dealkylation sites (tertiary alicyclic amines) is 1. The Kier molecular flexibility index (Phi) is 3.48. The second-order valence-electron chi connectivity index (χ2n) is 5.97. The van der Waals surface area contributed by atoms with E-state index in [1.54, 1.807) is 0 Å². The first kappa shape index (κ1) is 13.9. The van der Waals surface area contributed by atoms with Crippen molar-refractivity contribution >= 4 is 21.8 Å². The topological polar surface area (TPSA) is 59.2 Å². The number of rotatable bonds is 4. The molecule has 0 radical (unpaired) electrons. The van der Waals surface area contributed by atoms with E-state index in [-0.39, 0.29) is 11.9 Å². The number of aromatic nitrogens is 2. The summed E-state index contributed by atoms with van der Waals surface area (Å²) in [6.07, 6.45) is 3.58. The number of halogens is 1. The zero-order valence-electron chi connectivity index (χ0n) is 12.0. The molecular weight excluding hydrogens is 346 g/mol. The van der Waals surface area contributed by atoms with E-state index in [1.165, 1.54) is 0 Å². The third-order valence-corrected chi connectivity index (χ3v) is 4.81. The van der Waals surface area contributed by atoms with Gasteiger partial charge in [-0.25, -0.2) is 0 Å². The molecule has 1 aromatic carbocycles. The van der Waals surface area contributed by atoms with Gasteiger partial charge < -0.3 is 9.42 Å². The molecule has 1 saturated heterocycles. The summed E-state index contributed by atoms with van der Waals surface area (Å²) in [5, 5.41) is 4.07. The number of hydrogen-bond donors (Lipinski definition) is 0. The number of amides is 1. The van der Waals surface area contributed by atoms with Gasteiger partial charge >= 0.3 is 0 Å². The van der Waals surface area contributed by atoms with Crippen molar-refractivity contribution in [3.8, 4) is 0 Å². The molecule has 0 spiro atoms. The van der Waals surface area contributed by atoms with E-state index in [2.05, 4.69) is 26.1 Å². The van der Waals surface area contributed by atoms with Crippen LogP contribution in [0.5, 0.6) is 0 Å². The van der Waals surface area contributed by atoms with Crippen molar-refractivity contribution in [3.63, 3.8) is 0 Å². The molecule has 2 heterocycles. The van der Waals surface area contributed by atoms with Crippen LogP contribution in [0.3, 0.4) is 0 Å². The van der Waals surface area contributed by atoms with E-state index in [0.29, 0.717) is 24.8 Å². The van der Waals surface area contributed by atoms with Gasteiger partial charge in [-0.2, -0.15) is 4.98 Å². The summed E-state index contributed by atoms with van der Waals surface area (Å²) in [5.41, 5.74) is 1.10. The highest BCUT2D eigenvalue weighted by molar-refractivity contribution is 9.10. The molecular formula is C16H16BrN3O2. The third-order valence-electron chi connectivity index (χ3n) is 4.28. The zero-order chi connectivity index (χ0) is 15.1. The van der Waals surface area contributed by atoms with Crippen molar-refractivity contribution in [1.82, 2.24) is 15.0 Å². The van der Waals surface area contributed by atoms with Crippen LogP contribution in [0.15, 0.2) is 33.3 Å². The zero-order valence-corrected chi connectivity index (χ0v) is 13.6. The molecule has 1 aromatic heterocycles. The lowest BCUT2D eigenvalue weighted by Crippen LogP contribution is -2.27. The Bertz CT molecular complexity index is 694. The van der Waals surface area contributed by atoms with Gasteiger partial charge in [-0.1, -0.05) is 33.2 Å². The number of nitrogens with zero attached hydrogens (tertiary/aromatic N) is 3. The normalized spacial score (nSPS) is 21.6. The summed E-state index contributed by atoms with van der Waals surface area (Å²) in [4.78, 5) is 18.6. The van der Waals surface area contributed by atoms with Gasteiger partial charge in [-0.15, -0.1) is 0 Å². The lowest BCUT2D eigenvalue weighted by atomic mass is 10.2. The highest BCUT2D eigenvalue weighted by Crippen LogP contribution is 2.40. The molecule has 6 heteroatoms. The van der Waals surface area contributed by atoms with Gasteiger partial charge in [0.05, 0.1) is 0 Å². The predicted molar refractivity (Wildman–Crippen MR) is 82.9 cm³/mol. The maximum absolute atomic E-state index is 12.2. The van der Waals surface area contributed by atoms with Gasteiger partial charge in [0.25, 0.3) is 0 Å². The summed E-state index contributed by atoms with van der Waals surface area (Å²) in [6.45, 7) is 0.581. The van der Waals surface area contributed by atoms with Gasteiger partial charge in [0.15, 0.2) is 5.82 Å². The van der Waals surface area contributed by atoms with Crippen LogP contribution in [0, 0.1) is 0 Å². The molecule has 5 nitrogen and oxygen atoms in total. The highest BCUT2D eigenvalue weighted by atomic mass is 79.9. The molecule has 1 aliphatic carbocycles. The van der Waals surface area contributed by atoms with Crippen molar-refractivity contribution in [3.05, 3.63) is 46.0 Å². The monoisotopic (exact) mass is 361 g/mol. The summed E-state index contributed by atoms with van der Waals surface area (Å²) in [7, 11) is 0. The maximum Gasteiger partial charge on any atom is 0.249 e. The Morgan fingerprint density at radius 3 is 2.73 bits per heavy atom. The molecule has 2 aliphatic rings. The molecule has 1 amide bonds. The van der Waals surface area contributed by atoms with E-state index in [1.807, 2.05) is 29.2 Å². The average molecular weight is 362 g/mol. The lowest BCUT2D eigenvalue weighted by Gasteiger charge is -2.22. The van der Waals surface area contributed by atoms with Gasteiger partial charge in [-0.05, 0) is 37.0 Å². The van der Waals surface area contributed by atoms with Gasteiger partial charge in [0, 0.05) is 23.4 Å². The Hall–Kier alpha value is -1.69. The molecule has 4 rings (SSSR count). The predicted octanol–water partition coefficient (Wildman–Crippen LogP) is 3.57. The summed E-state index contributed by atoms with van der Waals surface area (Å²) in [6, 6.07) is 7.94. The van der Waals surface area contributed by atoms with Crippen molar-refractivity contribution in [2.75, 3.05) is 0 Å². The highest BCUT2D eigenvalue weighted by Gasteiger charge is 2.37. The van der Waals surface area contributed by atoms with Crippen molar-refractivity contribution in [2.24, 2.45) is 0 Å². The van der Waals surface area contributed by atoms with Crippen LogP contribution >= 0.6 is 15.9 Å². The molecule has 1 unspecified atom stereocenters. The van der Waals surface area contributed by atoms with E-state index in [4.69, 9.17) is 4.52 Å². The molecule has 0 N–H and O–H groups in total. The molecule has 0 bridgehead atoms. The summed E-state index contributed by atoms with van der Waals surface area (Å²) >= 11 is 3.43. The first-order valence-electron chi connectivity index (χ1n) is 7.58. The van der Waals surface area contributed by atoms with E-state index in [0.717, 1.165) is 35.1 Å². The van der Waals surface area contributed by atoms with Crippen LogP contribution in [0.2, 0.25) is 0 Å². The van der Waals surface area contributed by atoms with E-state index in [9.17, 15) is 4.79 Å². The first-order valence-corrected chi connectivity index (χ1v) is 8.37. The van der Waals surface area contributed by atoms with Crippen LogP contribution < -0.4 is 0 Å². The molecule has 2 fully saturated rings.